The van der Waals surface area contributed by atoms with Crippen LogP contribution in [-0.2, 0) is 13.2 Å². The normalized spacial score (nSPS) is 10.2. The molecule has 0 aliphatic carbocycles. The van der Waals surface area contributed by atoms with Crippen LogP contribution in [-0.4, -0.2) is 18.1 Å². The highest BCUT2D eigenvalue weighted by atomic mass is 16.3. The van der Waals surface area contributed by atoms with E-state index in [0.29, 0.717) is 17.8 Å². The number of nitrogens with one attached hydrogen (secondary N) is 2. The zero-order chi connectivity index (χ0) is 15.2. The maximum absolute atomic E-state index is 11.6. The second kappa shape index (κ2) is 6.76. The van der Waals surface area contributed by atoms with E-state index in [9.17, 15) is 4.79 Å². The summed E-state index contributed by atoms with van der Waals surface area (Å²) in [5, 5.41) is 14.8. The molecule has 2 rings (SSSR count). The van der Waals surface area contributed by atoms with E-state index in [1.54, 1.807) is 25.2 Å². The monoisotopic (exact) mass is 285 g/mol. The first kappa shape index (κ1) is 14.9. The number of nitrogen functional groups attached to an aromatic ring is 1. The molecule has 0 aromatic heterocycles. The number of amides is 1. The van der Waals surface area contributed by atoms with Gasteiger partial charge in [-0.3, -0.25) is 4.79 Å². The van der Waals surface area contributed by atoms with E-state index < -0.39 is 0 Å². The molecule has 21 heavy (non-hydrogen) atoms. The van der Waals surface area contributed by atoms with Gasteiger partial charge in [0.15, 0.2) is 0 Å². The fourth-order valence-corrected chi connectivity index (χ4v) is 1.95. The van der Waals surface area contributed by atoms with Crippen molar-refractivity contribution in [3.8, 4) is 0 Å². The Bertz CT molecular complexity index is 624. The van der Waals surface area contributed by atoms with Crippen molar-refractivity contribution in [1.29, 1.82) is 0 Å². The van der Waals surface area contributed by atoms with E-state index in [4.69, 9.17) is 10.8 Å². The fraction of sp³-hybridized carbons (Fsp3) is 0.188. The van der Waals surface area contributed by atoms with E-state index >= 15 is 0 Å². The van der Waals surface area contributed by atoms with E-state index in [1.165, 1.54) is 0 Å². The molecule has 1 amide bonds. The second-order valence-electron chi connectivity index (χ2n) is 4.71. The SMILES string of the molecule is CNC(=O)c1ccc(N)c(NCc2ccc(CO)cc2)c1. The van der Waals surface area contributed by atoms with Gasteiger partial charge in [-0.05, 0) is 29.3 Å². The largest absolute Gasteiger partial charge is 0.397 e. The predicted molar refractivity (Wildman–Crippen MR) is 83.9 cm³/mol. The highest BCUT2D eigenvalue weighted by Crippen LogP contribution is 2.21. The van der Waals surface area contributed by atoms with Crippen molar-refractivity contribution < 1.29 is 9.90 Å². The molecule has 0 bridgehead atoms. The standard InChI is InChI=1S/C16H19N3O2/c1-18-16(21)13-6-7-14(17)15(8-13)19-9-11-2-4-12(10-20)5-3-11/h2-8,19-20H,9-10,17H2,1H3,(H,18,21). The minimum absolute atomic E-state index is 0.0365. The lowest BCUT2D eigenvalue weighted by Gasteiger charge is -2.11. The first-order valence-electron chi connectivity index (χ1n) is 6.68. The summed E-state index contributed by atoms with van der Waals surface area (Å²) in [4.78, 5) is 11.6. The molecule has 0 radical (unpaired) electrons. The molecular weight excluding hydrogens is 266 g/mol. The molecule has 5 heteroatoms. The van der Waals surface area contributed by atoms with Gasteiger partial charge < -0.3 is 21.5 Å². The Morgan fingerprint density at radius 2 is 1.81 bits per heavy atom. The number of rotatable bonds is 5. The molecular formula is C16H19N3O2. The summed E-state index contributed by atoms with van der Waals surface area (Å²) in [5.41, 5.74) is 9.73. The molecule has 0 fully saturated rings. The Labute approximate surface area is 123 Å². The van der Waals surface area contributed by atoms with Crippen LogP contribution in [0.5, 0.6) is 0 Å². The lowest BCUT2D eigenvalue weighted by atomic mass is 10.1. The highest BCUT2D eigenvalue weighted by molar-refractivity contribution is 5.96. The van der Waals surface area contributed by atoms with Crippen LogP contribution in [0.4, 0.5) is 11.4 Å². The summed E-state index contributed by atoms with van der Waals surface area (Å²) in [6, 6.07) is 12.8. The number of hydrogen-bond donors (Lipinski definition) is 4. The zero-order valence-corrected chi connectivity index (χ0v) is 11.9. The summed E-state index contributed by atoms with van der Waals surface area (Å²) in [6.07, 6.45) is 0. The van der Waals surface area contributed by atoms with E-state index in [2.05, 4.69) is 10.6 Å². The molecule has 0 atom stereocenters. The number of aliphatic hydroxyl groups excluding tert-OH is 1. The molecule has 2 aromatic carbocycles. The lowest BCUT2D eigenvalue weighted by molar-refractivity contribution is 0.0963. The number of hydrogen-bond acceptors (Lipinski definition) is 4. The van der Waals surface area contributed by atoms with Crippen LogP contribution >= 0.6 is 0 Å². The Hall–Kier alpha value is -2.53. The van der Waals surface area contributed by atoms with E-state index in [-0.39, 0.29) is 12.5 Å². The Balaban J connectivity index is 2.09. The van der Waals surface area contributed by atoms with Gasteiger partial charge in [0.1, 0.15) is 0 Å². The van der Waals surface area contributed by atoms with E-state index in [0.717, 1.165) is 16.8 Å². The summed E-state index contributed by atoms with van der Waals surface area (Å²) in [7, 11) is 1.59. The van der Waals surface area contributed by atoms with Gasteiger partial charge >= 0.3 is 0 Å². The van der Waals surface area contributed by atoms with Crippen LogP contribution in [0, 0.1) is 0 Å². The number of carbonyl (C=O) groups excluding carboxylic acids is 1. The van der Waals surface area contributed by atoms with E-state index in [1.807, 2.05) is 24.3 Å². The van der Waals surface area contributed by atoms with Crippen molar-refractivity contribution in [2.24, 2.45) is 0 Å². The molecule has 0 aliphatic rings. The van der Waals surface area contributed by atoms with Crippen molar-refractivity contribution in [2.45, 2.75) is 13.2 Å². The van der Waals surface area contributed by atoms with Crippen LogP contribution in [0.3, 0.4) is 0 Å². The maximum Gasteiger partial charge on any atom is 0.251 e. The average Bonchev–Trinajstić information content (AvgIpc) is 2.53. The third-order valence-corrected chi connectivity index (χ3v) is 3.23. The van der Waals surface area contributed by atoms with Crippen LogP contribution in [0.2, 0.25) is 0 Å². The lowest BCUT2D eigenvalue weighted by Crippen LogP contribution is -2.18. The van der Waals surface area contributed by atoms with Crippen LogP contribution < -0.4 is 16.4 Å². The summed E-state index contributed by atoms with van der Waals surface area (Å²) >= 11 is 0. The first-order chi connectivity index (χ1) is 10.1. The zero-order valence-electron chi connectivity index (χ0n) is 11.9. The minimum atomic E-state index is -0.148. The summed E-state index contributed by atoms with van der Waals surface area (Å²) in [5.74, 6) is -0.148. The number of benzene rings is 2. The molecule has 0 saturated heterocycles. The summed E-state index contributed by atoms with van der Waals surface area (Å²) < 4.78 is 0. The molecule has 0 heterocycles. The van der Waals surface area contributed by atoms with Gasteiger partial charge in [-0.15, -0.1) is 0 Å². The maximum atomic E-state index is 11.6. The molecule has 5 nitrogen and oxygen atoms in total. The molecule has 2 aromatic rings. The van der Waals surface area contributed by atoms with Crippen molar-refractivity contribution in [3.05, 3.63) is 59.2 Å². The van der Waals surface area contributed by atoms with Gasteiger partial charge in [0.25, 0.3) is 5.91 Å². The van der Waals surface area contributed by atoms with Crippen LogP contribution in [0.1, 0.15) is 21.5 Å². The third-order valence-electron chi connectivity index (χ3n) is 3.23. The Morgan fingerprint density at radius 1 is 1.14 bits per heavy atom. The van der Waals surface area contributed by atoms with Crippen molar-refractivity contribution in [3.63, 3.8) is 0 Å². The van der Waals surface area contributed by atoms with Gasteiger partial charge in [-0.2, -0.15) is 0 Å². The minimum Gasteiger partial charge on any atom is -0.397 e. The predicted octanol–water partition coefficient (Wildman–Crippen LogP) is 1.73. The third kappa shape index (κ3) is 3.73. The van der Waals surface area contributed by atoms with Gasteiger partial charge in [0.05, 0.1) is 18.0 Å². The smallest absolute Gasteiger partial charge is 0.251 e. The van der Waals surface area contributed by atoms with Crippen molar-refractivity contribution >= 4 is 17.3 Å². The summed E-state index contributed by atoms with van der Waals surface area (Å²) in [6.45, 7) is 0.627. The first-order valence-corrected chi connectivity index (χ1v) is 6.68. The molecule has 5 N–H and O–H groups in total. The Morgan fingerprint density at radius 3 is 2.43 bits per heavy atom. The van der Waals surface area contributed by atoms with Gasteiger partial charge in [0, 0.05) is 19.2 Å². The average molecular weight is 285 g/mol. The molecule has 0 aliphatic heterocycles. The van der Waals surface area contributed by atoms with Crippen molar-refractivity contribution in [1.82, 2.24) is 5.32 Å². The number of carbonyl (C=O) groups is 1. The topological polar surface area (TPSA) is 87.4 Å². The molecule has 0 unspecified atom stereocenters. The van der Waals surface area contributed by atoms with Crippen LogP contribution in [0.25, 0.3) is 0 Å². The second-order valence-corrected chi connectivity index (χ2v) is 4.71. The van der Waals surface area contributed by atoms with Gasteiger partial charge in [-0.25, -0.2) is 0 Å². The molecule has 0 spiro atoms. The van der Waals surface area contributed by atoms with Gasteiger partial charge in [-0.1, -0.05) is 24.3 Å². The fourth-order valence-electron chi connectivity index (χ4n) is 1.95. The quantitative estimate of drug-likeness (QED) is 0.630. The number of anilines is 2. The number of aliphatic hydroxyl groups is 1. The van der Waals surface area contributed by atoms with Gasteiger partial charge in [0.2, 0.25) is 0 Å². The molecule has 0 saturated carbocycles. The highest BCUT2D eigenvalue weighted by Gasteiger charge is 2.06. The van der Waals surface area contributed by atoms with Crippen molar-refractivity contribution in [2.75, 3.05) is 18.1 Å². The Kier molecular flexibility index (Phi) is 4.79. The molecule has 110 valence electrons. The van der Waals surface area contributed by atoms with Crippen LogP contribution in [0.15, 0.2) is 42.5 Å². The number of nitrogens with two attached hydrogens (primary N) is 1.